The summed E-state index contributed by atoms with van der Waals surface area (Å²) in [6, 6.07) is 4.74. The highest BCUT2D eigenvalue weighted by Crippen LogP contribution is 2.39. The van der Waals surface area contributed by atoms with Crippen LogP contribution in [0.3, 0.4) is 0 Å². The van der Waals surface area contributed by atoms with E-state index in [-0.39, 0.29) is 39.4 Å². The Bertz CT molecular complexity index is 1000. The third kappa shape index (κ3) is 2.10. The molecule has 0 radical (unpaired) electrons. The minimum atomic E-state index is -0.880. The molecule has 23 heavy (non-hydrogen) atoms. The molecule has 7 heteroatoms. The lowest BCUT2D eigenvalue weighted by Gasteiger charge is -2.10. The first kappa shape index (κ1) is 14.6. The van der Waals surface area contributed by atoms with Crippen LogP contribution in [-0.4, -0.2) is 25.5 Å². The average Bonchev–Trinajstić information content (AvgIpc) is 2.51. The van der Waals surface area contributed by atoms with Crippen molar-refractivity contribution < 1.29 is 29.9 Å². The molecule has 0 aliphatic carbocycles. The fourth-order valence-electron chi connectivity index (χ4n) is 2.27. The zero-order chi connectivity index (χ0) is 16.9. The Balaban J connectivity index is 2.40. The van der Waals surface area contributed by atoms with Crippen LogP contribution in [0.25, 0.3) is 22.3 Å². The molecule has 118 valence electrons. The van der Waals surface area contributed by atoms with Crippen molar-refractivity contribution >= 4 is 11.0 Å². The molecule has 0 aliphatic rings. The normalized spacial score (nSPS) is 11.0. The largest absolute Gasteiger partial charge is 0.507 e. The first-order chi connectivity index (χ1) is 10.8. The van der Waals surface area contributed by atoms with Crippen LogP contribution < -0.4 is 5.43 Å². The predicted octanol–water partition coefficient (Wildman–Crippen LogP) is 2.30. The van der Waals surface area contributed by atoms with Crippen molar-refractivity contribution in [3.05, 3.63) is 40.1 Å². The number of hydrogen-bond acceptors (Lipinski definition) is 7. The van der Waals surface area contributed by atoms with Gasteiger partial charge in [-0.15, -0.1) is 0 Å². The van der Waals surface area contributed by atoms with Gasteiger partial charge in [-0.05, 0) is 25.1 Å². The van der Waals surface area contributed by atoms with Crippen LogP contribution in [0.4, 0.5) is 0 Å². The van der Waals surface area contributed by atoms with Gasteiger partial charge in [-0.2, -0.15) is 0 Å². The molecule has 0 saturated heterocycles. The maximum atomic E-state index is 12.3. The minimum Gasteiger partial charge on any atom is -0.507 e. The lowest BCUT2D eigenvalue weighted by molar-refractivity contribution is 0.403. The Labute approximate surface area is 128 Å². The lowest BCUT2D eigenvalue weighted by atomic mass is 10.1. The highest BCUT2D eigenvalue weighted by Gasteiger charge is 2.21. The summed E-state index contributed by atoms with van der Waals surface area (Å²) < 4.78 is 5.41. The topological polar surface area (TPSA) is 131 Å². The van der Waals surface area contributed by atoms with Crippen molar-refractivity contribution in [3.8, 4) is 40.1 Å². The molecule has 0 aliphatic heterocycles. The fraction of sp³-hybridized carbons (Fsp3) is 0.0625. The highest BCUT2D eigenvalue weighted by atomic mass is 16.4. The summed E-state index contributed by atoms with van der Waals surface area (Å²) in [5.74, 6) is -2.61. The second-order valence-corrected chi connectivity index (χ2v) is 5.05. The van der Waals surface area contributed by atoms with Gasteiger partial charge in [-0.25, -0.2) is 0 Å². The molecule has 0 amide bonds. The highest BCUT2D eigenvalue weighted by molar-refractivity contribution is 5.89. The zero-order valence-corrected chi connectivity index (χ0v) is 11.9. The van der Waals surface area contributed by atoms with Crippen LogP contribution in [0.15, 0.2) is 33.5 Å². The predicted molar refractivity (Wildman–Crippen MR) is 81.0 cm³/mol. The molecule has 0 fully saturated rings. The van der Waals surface area contributed by atoms with Crippen molar-refractivity contribution in [3.63, 3.8) is 0 Å². The van der Waals surface area contributed by atoms with Gasteiger partial charge in [0.2, 0.25) is 11.2 Å². The Hall–Kier alpha value is -3.35. The molecule has 3 aromatic rings. The van der Waals surface area contributed by atoms with Gasteiger partial charge in [0, 0.05) is 17.2 Å². The second-order valence-electron chi connectivity index (χ2n) is 5.05. The summed E-state index contributed by atoms with van der Waals surface area (Å²) in [7, 11) is 0. The van der Waals surface area contributed by atoms with Gasteiger partial charge >= 0.3 is 0 Å². The number of aromatic hydroxyl groups is 5. The van der Waals surface area contributed by atoms with Crippen molar-refractivity contribution in [1.29, 1.82) is 0 Å². The molecular weight excluding hydrogens is 304 g/mol. The monoisotopic (exact) mass is 316 g/mol. The number of fused-ring (bicyclic) bond motifs is 1. The standard InChI is InChI=1S/C16H12O7/c1-6-9(18)5-11-12(13(6)20)14(21)15(22)16(23-11)7-2-3-8(17)10(19)4-7/h2-5,17-20,22H,1H3. The van der Waals surface area contributed by atoms with Crippen LogP contribution >= 0.6 is 0 Å². The van der Waals surface area contributed by atoms with Gasteiger partial charge in [0.05, 0.1) is 0 Å². The van der Waals surface area contributed by atoms with E-state index in [1.165, 1.54) is 19.1 Å². The molecule has 0 bridgehead atoms. The zero-order valence-electron chi connectivity index (χ0n) is 11.9. The molecule has 2 aromatic carbocycles. The average molecular weight is 316 g/mol. The van der Waals surface area contributed by atoms with Crippen LogP contribution in [0.2, 0.25) is 0 Å². The first-order valence-corrected chi connectivity index (χ1v) is 6.55. The molecule has 3 rings (SSSR count). The molecule has 7 nitrogen and oxygen atoms in total. The Morgan fingerprint density at radius 3 is 2.22 bits per heavy atom. The summed E-state index contributed by atoms with van der Waals surface area (Å²) >= 11 is 0. The Kier molecular flexibility index (Phi) is 3.07. The van der Waals surface area contributed by atoms with Crippen LogP contribution in [0, 0.1) is 6.92 Å². The molecule has 1 aromatic heterocycles. The van der Waals surface area contributed by atoms with Crippen LogP contribution in [0.1, 0.15) is 5.56 Å². The summed E-state index contributed by atoms with van der Waals surface area (Å²) in [4.78, 5) is 12.3. The maximum Gasteiger partial charge on any atom is 0.238 e. The summed E-state index contributed by atoms with van der Waals surface area (Å²) in [6.07, 6.45) is 0. The van der Waals surface area contributed by atoms with Gasteiger partial charge < -0.3 is 29.9 Å². The third-order valence-corrected chi connectivity index (χ3v) is 3.60. The Morgan fingerprint density at radius 2 is 1.57 bits per heavy atom. The number of phenols is 4. The molecule has 1 heterocycles. The number of hydrogen-bond donors (Lipinski definition) is 5. The van der Waals surface area contributed by atoms with Gasteiger partial charge in [0.15, 0.2) is 17.3 Å². The minimum absolute atomic E-state index is 0.0826. The number of phenolic OH excluding ortho intramolecular Hbond substituents is 4. The van der Waals surface area contributed by atoms with Crippen molar-refractivity contribution in [2.75, 3.05) is 0 Å². The van der Waals surface area contributed by atoms with E-state index < -0.39 is 22.7 Å². The van der Waals surface area contributed by atoms with Crippen LogP contribution in [0.5, 0.6) is 28.7 Å². The van der Waals surface area contributed by atoms with Gasteiger partial charge in [0.1, 0.15) is 22.5 Å². The van der Waals surface area contributed by atoms with Crippen molar-refractivity contribution in [2.24, 2.45) is 0 Å². The van der Waals surface area contributed by atoms with E-state index in [0.29, 0.717) is 0 Å². The summed E-state index contributed by atoms with van der Waals surface area (Å²) in [5, 5.41) is 48.4. The first-order valence-electron chi connectivity index (χ1n) is 6.55. The smallest absolute Gasteiger partial charge is 0.238 e. The lowest BCUT2D eigenvalue weighted by Crippen LogP contribution is -2.03. The number of rotatable bonds is 1. The van der Waals surface area contributed by atoms with Gasteiger partial charge in [0.25, 0.3) is 0 Å². The van der Waals surface area contributed by atoms with E-state index in [1.54, 1.807) is 0 Å². The Morgan fingerprint density at radius 1 is 0.870 bits per heavy atom. The number of benzene rings is 2. The van der Waals surface area contributed by atoms with Gasteiger partial charge in [-0.1, -0.05) is 0 Å². The van der Waals surface area contributed by atoms with Crippen molar-refractivity contribution in [1.82, 2.24) is 0 Å². The van der Waals surface area contributed by atoms with Crippen LogP contribution in [-0.2, 0) is 0 Å². The summed E-state index contributed by atoms with van der Waals surface area (Å²) in [6.45, 7) is 1.41. The molecular formula is C16H12O7. The van der Waals surface area contributed by atoms with E-state index >= 15 is 0 Å². The van der Waals surface area contributed by atoms with E-state index in [2.05, 4.69) is 0 Å². The summed E-state index contributed by atoms with van der Waals surface area (Å²) in [5.41, 5.74) is -0.791. The molecule has 0 unspecified atom stereocenters. The van der Waals surface area contributed by atoms with E-state index in [4.69, 9.17) is 4.42 Å². The van der Waals surface area contributed by atoms with Gasteiger partial charge in [-0.3, -0.25) is 4.79 Å². The second kappa shape index (κ2) is 4.84. The molecule has 0 atom stereocenters. The van der Waals surface area contributed by atoms with E-state index in [9.17, 15) is 30.3 Å². The third-order valence-electron chi connectivity index (χ3n) is 3.60. The maximum absolute atomic E-state index is 12.3. The van der Waals surface area contributed by atoms with E-state index in [1.807, 2.05) is 0 Å². The molecule has 5 N–H and O–H groups in total. The fourth-order valence-corrected chi connectivity index (χ4v) is 2.27. The quantitative estimate of drug-likeness (QED) is 0.435. The SMILES string of the molecule is Cc1c(O)cc2oc(-c3ccc(O)c(O)c3)c(O)c(=O)c2c1O. The van der Waals surface area contributed by atoms with Crippen molar-refractivity contribution in [2.45, 2.75) is 6.92 Å². The molecule has 0 saturated carbocycles. The molecule has 0 spiro atoms. The van der Waals surface area contributed by atoms with E-state index in [0.717, 1.165) is 12.1 Å².